The Morgan fingerprint density at radius 1 is 1.00 bits per heavy atom. The number of hydrogen-bond donors (Lipinski definition) is 0. The lowest BCUT2D eigenvalue weighted by atomic mass is 10.3. The standard InChI is InChI=1S/C10H16Cl2O/c1-3-9(11)5-7-13-8-6-10(12)4-2/h3-4,9-10H,1-2,5-8H2. The fourth-order valence-corrected chi connectivity index (χ4v) is 0.908. The van der Waals surface area contributed by atoms with Gasteiger partial charge in [-0.05, 0) is 12.8 Å². The molecule has 3 heteroatoms. The Hall–Kier alpha value is 0.0200. The summed E-state index contributed by atoms with van der Waals surface area (Å²) < 4.78 is 5.31. The van der Waals surface area contributed by atoms with Crippen molar-refractivity contribution in [3.8, 4) is 0 Å². The minimum absolute atomic E-state index is 0.00574. The van der Waals surface area contributed by atoms with Crippen LogP contribution in [0.25, 0.3) is 0 Å². The lowest BCUT2D eigenvalue weighted by Crippen LogP contribution is -2.05. The zero-order valence-electron chi connectivity index (χ0n) is 7.72. The SMILES string of the molecule is C=CC(Cl)CCOCCC(Cl)C=C. The predicted octanol–water partition coefficient (Wildman–Crippen LogP) is 3.37. The van der Waals surface area contributed by atoms with Crippen LogP contribution in [0.15, 0.2) is 25.3 Å². The molecule has 0 aromatic heterocycles. The van der Waals surface area contributed by atoms with E-state index >= 15 is 0 Å². The summed E-state index contributed by atoms with van der Waals surface area (Å²) in [5.74, 6) is 0. The number of halogens is 2. The average molecular weight is 223 g/mol. The summed E-state index contributed by atoms with van der Waals surface area (Å²) in [6.07, 6.45) is 5.01. The zero-order valence-corrected chi connectivity index (χ0v) is 9.23. The molecule has 0 fully saturated rings. The molecule has 0 aromatic carbocycles. The van der Waals surface area contributed by atoms with Gasteiger partial charge in [-0.25, -0.2) is 0 Å². The van der Waals surface area contributed by atoms with Gasteiger partial charge in [0.15, 0.2) is 0 Å². The number of allylic oxidation sites excluding steroid dienone is 2. The summed E-state index contributed by atoms with van der Waals surface area (Å²) in [7, 11) is 0. The minimum atomic E-state index is 0.00574. The minimum Gasteiger partial charge on any atom is -0.381 e. The van der Waals surface area contributed by atoms with Gasteiger partial charge in [-0.15, -0.1) is 36.4 Å². The highest BCUT2D eigenvalue weighted by Crippen LogP contribution is 2.05. The first-order valence-corrected chi connectivity index (χ1v) is 5.19. The summed E-state index contributed by atoms with van der Waals surface area (Å²) in [5.41, 5.74) is 0. The van der Waals surface area contributed by atoms with E-state index in [0.717, 1.165) is 12.8 Å². The largest absolute Gasteiger partial charge is 0.381 e. The van der Waals surface area contributed by atoms with Gasteiger partial charge in [0.05, 0.1) is 10.8 Å². The smallest absolute Gasteiger partial charge is 0.0535 e. The quantitative estimate of drug-likeness (QED) is 0.348. The second kappa shape index (κ2) is 8.61. The van der Waals surface area contributed by atoms with E-state index in [1.165, 1.54) is 0 Å². The summed E-state index contributed by atoms with van der Waals surface area (Å²) in [5, 5.41) is 0.0115. The molecule has 13 heavy (non-hydrogen) atoms. The van der Waals surface area contributed by atoms with E-state index in [-0.39, 0.29) is 10.8 Å². The number of ether oxygens (including phenoxy) is 1. The maximum Gasteiger partial charge on any atom is 0.0535 e. The highest BCUT2D eigenvalue weighted by molar-refractivity contribution is 6.21. The van der Waals surface area contributed by atoms with Crippen molar-refractivity contribution in [1.29, 1.82) is 0 Å². The molecule has 1 nitrogen and oxygen atoms in total. The van der Waals surface area contributed by atoms with Gasteiger partial charge < -0.3 is 4.74 Å². The Morgan fingerprint density at radius 2 is 1.38 bits per heavy atom. The first-order chi connectivity index (χ1) is 6.20. The van der Waals surface area contributed by atoms with Crippen LogP contribution in [-0.4, -0.2) is 24.0 Å². The number of rotatable bonds is 8. The van der Waals surface area contributed by atoms with Crippen LogP contribution < -0.4 is 0 Å². The molecule has 0 rings (SSSR count). The molecule has 0 bridgehead atoms. The van der Waals surface area contributed by atoms with Gasteiger partial charge in [0, 0.05) is 13.2 Å². The highest BCUT2D eigenvalue weighted by Gasteiger charge is 2.00. The van der Waals surface area contributed by atoms with E-state index in [2.05, 4.69) is 13.2 Å². The molecular formula is C10H16Cl2O. The second-order valence-corrected chi connectivity index (χ2v) is 3.81. The van der Waals surface area contributed by atoms with Crippen molar-refractivity contribution in [2.75, 3.05) is 13.2 Å². The van der Waals surface area contributed by atoms with Gasteiger partial charge in [0.25, 0.3) is 0 Å². The average Bonchev–Trinajstić information content (AvgIpc) is 2.16. The first kappa shape index (κ1) is 13.0. The van der Waals surface area contributed by atoms with E-state index in [0.29, 0.717) is 13.2 Å². The van der Waals surface area contributed by atoms with Crippen LogP contribution in [0.3, 0.4) is 0 Å². The van der Waals surface area contributed by atoms with E-state index in [1.807, 2.05) is 0 Å². The van der Waals surface area contributed by atoms with E-state index in [9.17, 15) is 0 Å². The zero-order chi connectivity index (χ0) is 10.1. The molecule has 0 aliphatic heterocycles. The lowest BCUT2D eigenvalue weighted by Gasteiger charge is -2.06. The first-order valence-electron chi connectivity index (χ1n) is 4.31. The third-order valence-electron chi connectivity index (χ3n) is 1.59. The molecule has 0 aliphatic rings. The molecule has 0 spiro atoms. The van der Waals surface area contributed by atoms with E-state index in [1.54, 1.807) is 12.2 Å². The van der Waals surface area contributed by atoms with Crippen molar-refractivity contribution < 1.29 is 4.74 Å². The van der Waals surface area contributed by atoms with Crippen LogP contribution in [0.4, 0.5) is 0 Å². The van der Waals surface area contributed by atoms with Gasteiger partial charge in [-0.1, -0.05) is 12.2 Å². The number of hydrogen-bond acceptors (Lipinski definition) is 1. The van der Waals surface area contributed by atoms with Gasteiger partial charge >= 0.3 is 0 Å². The Morgan fingerprint density at radius 3 is 1.69 bits per heavy atom. The van der Waals surface area contributed by atoms with Gasteiger partial charge in [-0.2, -0.15) is 0 Å². The monoisotopic (exact) mass is 222 g/mol. The maximum absolute atomic E-state index is 5.79. The molecular weight excluding hydrogens is 207 g/mol. The topological polar surface area (TPSA) is 9.23 Å². The normalized spacial score (nSPS) is 14.9. The van der Waals surface area contributed by atoms with Crippen LogP contribution in [0.2, 0.25) is 0 Å². The van der Waals surface area contributed by atoms with Crippen LogP contribution in [0, 0.1) is 0 Å². The maximum atomic E-state index is 5.79. The van der Waals surface area contributed by atoms with Gasteiger partial charge in [0.2, 0.25) is 0 Å². The van der Waals surface area contributed by atoms with Crippen LogP contribution in [0.1, 0.15) is 12.8 Å². The van der Waals surface area contributed by atoms with Gasteiger partial charge in [0.1, 0.15) is 0 Å². The molecule has 0 aliphatic carbocycles. The van der Waals surface area contributed by atoms with Crippen LogP contribution in [0.5, 0.6) is 0 Å². The van der Waals surface area contributed by atoms with Crippen molar-refractivity contribution in [2.24, 2.45) is 0 Å². The second-order valence-electron chi connectivity index (χ2n) is 2.69. The van der Waals surface area contributed by atoms with Crippen LogP contribution >= 0.6 is 23.2 Å². The van der Waals surface area contributed by atoms with Crippen molar-refractivity contribution >= 4 is 23.2 Å². The molecule has 0 aromatic rings. The Bertz CT molecular complexity index is 132. The molecule has 2 unspecified atom stereocenters. The predicted molar refractivity (Wildman–Crippen MR) is 59.7 cm³/mol. The Balaban J connectivity index is 3.16. The summed E-state index contributed by atoms with van der Waals surface area (Å²) in [6.45, 7) is 8.47. The van der Waals surface area contributed by atoms with E-state index < -0.39 is 0 Å². The molecule has 0 amide bonds. The summed E-state index contributed by atoms with van der Waals surface area (Å²) in [6, 6.07) is 0. The van der Waals surface area contributed by atoms with E-state index in [4.69, 9.17) is 27.9 Å². The third-order valence-corrected chi connectivity index (χ3v) is 2.38. The van der Waals surface area contributed by atoms with Crippen molar-refractivity contribution in [1.82, 2.24) is 0 Å². The molecule has 0 heterocycles. The van der Waals surface area contributed by atoms with Gasteiger partial charge in [-0.3, -0.25) is 0 Å². The third kappa shape index (κ3) is 8.35. The molecule has 76 valence electrons. The fourth-order valence-electron chi connectivity index (χ4n) is 0.730. The summed E-state index contributed by atoms with van der Waals surface area (Å²) in [4.78, 5) is 0. The molecule has 0 saturated heterocycles. The Labute approximate surface area is 90.4 Å². The van der Waals surface area contributed by atoms with Crippen molar-refractivity contribution in [3.63, 3.8) is 0 Å². The van der Waals surface area contributed by atoms with Crippen molar-refractivity contribution in [2.45, 2.75) is 23.6 Å². The highest BCUT2D eigenvalue weighted by atomic mass is 35.5. The molecule has 0 N–H and O–H groups in total. The Kier molecular flexibility index (Phi) is 8.62. The number of alkyl halides is 2. The molecule has 0 radical (unpaired) electrons. The molecule has 0 saturated carbocycles. The molecule has 2 atom stereocenters. The fraction of sp³-hybridized carbons (Fsp3) is 0.600. The lowest BCUT2D eigenvalue weighted by molar-refractivity contribution is 0.131. The van der Waals surface area contributed by atoms with Crippen molar-refractivity contribution in [3.05, 3.63) is 25.3 Å². The summed E-state index contributed by atoms with van der Waals surface area (Å²) >= 11 is 11.6. The van der Waals surface area contributed by atoms with Crippen LogP contribution in [-0.2, 0) is 4.74 Å².